The van der Waals surface area contributed by atoms with Gasteiger partial charge in [0.15, 0.2) is 0 Å². The van der Waals surface area contributed by atoms with Crippen molar-refractivity contribution in [1.82, 2.24) is 20.5 Å². The number of imide groups is 1. The van der Waals surface area contributed by atoms with Crippen molar-refractivity contribution in [2.45, 2.75) is 51.0 Å². The molecule has 0 radical (unpaired) electrons. The Bertz CT molecular complexity index is 1660. The van der Waals surface area contributed by atoms with E-state index in [2.05, 4.69) is 15.6 Å². The van der Waals surface area contributed by atoms with Gasteiger partial charge >= 0.3 is 6.18 Å². The summed E-state index contributed by atoms with van der Waals surface area (Å²) in [6.45, 7) is 1.48. The lowest BCUT2D eigenvalue weighted by Gasteiger charge is -2.34. The quantitative estimate of drug-likeness (QED) is 0.267. The lowest BCUT2D eigenvalue weighted by molar-refractivity contribution is -0.138. The van der Waals surface area contributed by atoms with Crippen LogP contribution in [0.2, 0.25) is 5.02 Å². The fourth-order valence-electron chi connectivity index (χ4n) is 6.29. The molecule has 0 aliphatic carbocycles. The molecule has 45 heavy (non-hydrogen) atoms. The number of nitrogens with zero attached hydrogens (tertiary/aromatic N) is 3. The highest BCUT2D eigenvalue weighted by molar-refractivity contribution is 6.30. The average Bonchev–Trinajstić information content (AvgIpc) is 3.34. The van der Waals surface area contributed by atoms with Crippen LogP contribution in [0.1, 0.15) is 52.7 Å². The zero-order valence-corrected chi connectivity index (χ0v) is 24.8. The Morgan fingerprint density at radius 1 is 1.02 bits per heavy atom. The number of carbonyl (C=O) groups is 3. The molecular formula is C32H30ClF4N5O3. The highest BCUT2D eigenvalue weighted by Crippen LogP contribution is 2.39. The van der Waals surface area contributed by atoms with Gasteiger partial charge in [0, 0.05) is 59.5 Å². The number of pyridine rings is 1. The lowest BCUT2D eigenvalue weighted by Crippen LogP contribution is -2.52. The topological polar surface area (TPSA) is 94.6 Å². The zero-order chi connectivity index (χ0) is 31.9. The van der Waals surface area contributed by atoms with Crippen molar-refractivity contribution in [1.29, 1.82) is 0 Å². The summed E-state index contributed by atoms with van der Waals surface area (Å²) in [5, 5.41) is 5.91. The van der Waals surface area contributed by atoms with E-state index in [0.29, 0.717) is 54.2 Å². The number of fused-ring (bicyclic) bond motifs is 1. The van der Waals surface area contributed by atoms with Gasteiger partial charge in [0.05, 0.1) is 12.1 Å². The largest absolute Gasteiger partial charge is 0.419 e. The van der Waals surface area contributed by atoms with Crippen LogP contribution < -0.4 is 15.5 Å². The number of nitrogens with one attached hydrogen (secondary N) is 2. The molecule has 2 saturated heterocycles. The normalized spacial score (nSPS) is 19.2. The molecule has 13 heteroatoms. The van der Waals surface area contributed by atoms with E-state index in [1.165, 1.54) is 11.1 Å². The van der Waals surface area contributed by atoms with E-state index in [4.69, 9.17) is 11.6 Å². The standard InChI is InChI=1S/C32H30ClF4N5O3/c33-22-3-1-2-19(12-22)21-13-25(32(35,36)37)29(39-16-21)41-10-8-18(9-11-41)14-38-15-20-4-5-23-24(28(20)34)17-42(31(23)45)26-6-7-27(43)40-30(26)44/h1-5,12-13,16,18,26,38H,6-11,14-15,17H2,(H,40,43,44). The third-order valence-electron chi connectivity index (χ3n) is 8.72. The molecule has 8 nitrogen and oxygen atoms in total. The number of aromatic nitrogens is 1. The van der Waals surface area contributed by atoms with Crippen molar-refractivity contribution in [3.63, 3.8) is 0 Å². The molecule has 236 valence electrons. The van der Waals surface area contributed by atoms with Crippen LogP contribution in [0.3, 0.4) is 0 Å². The molecule has 0 spiro atoms. The minimum Gasteiger partial charge on any atom is -0.356 e. The fraction of sp³-hybridized carbons (Fsp3) is 0.375. The van der Waals surface area contributed by atoms with E-state index in [9.17, 15) is 27.6 Å². The van der Waals surface area contributed by atoms with Gasteiger partial charge in [0.1, 0.15) is 17.7 Å². The molecule has 2 aromatic carbocycles. The third-order valence-corrected chi connectivity index (χ3v) is 8.96. The number of rotatable bonds is 7. The van der Waals surface area contributed by atoms with Gasteiger partial charge in [0.2, 0.25) is 11.8 Å². The molecule has 3 aliphatic heterocycles. The van der Waals surface area contributed by atoms with Crippen LogP contribution >= 0.6 is 11.6 Å². The molecule has 6 rings (SSSR count). The first-order chi connectivity index (χ1) is 21.5. The first-order valence-corrected chi connectivity index (χ1v) is 15.1. The Hall–Kier alpha value is -4.03. The molecule has 1 aromatic heterocycles. The maximum atomic E-state index is 15.5. The summed E-state index contributed by atoms with van der Waals surface area (Å²) in [5.74, 6) is -1.82. The molecular weight excluding hydrogens is 614 g/mol. The number of carbonyl (C=O) groups excluding carboxylic acids is 3. The van der Waals surface area contributed by atoms with Crippen molar-refractivity contribution in [2.75, 3.05) is 24.5 Å². The van der Waals surface area contributed by atoms with Crippen LogP contribution in [0.4, 0.5) is 23.4 Å². The van der Waals surface area contributed by atoms with Gasteiger partial charge in [-0.15, -0.1) is 0 Å². The highest BCUT2D eigenvalue weighted by atomic mass is 35.5. The molecule has 3 aromatic rings. The van der Waals surface area contributed by atoms with E-state index in [1.54, 1.807) is 41.3 Å². The monoisotopic (exact) mass is 643 g/mol. The second-order valence-corrected chi connectivity index (χ2v) is 12.1. The van der Waals surface area contributed by atoms with E-state index in [1.807, 2.05) is 0 Å². The van der Waals surface area contributed by atoms with Gasteiger partial charge in [-0.2, -0.15) is 13.2 Å². The number of piperidine rings is 2. The predicted molar refractivity (Wildman–Crippen MR) is 159 cm³/mol. The highest BCUT2D eigenvalue weighted by Gasteiger charge is 2.41. The number of anilines is 1. The van der Waals surface area contributed by atoms with Gasteiger partial charge in [-0.3, -0.25) is 19.7 Å². The van der Waals surface area contributed by atoms with E-state index in [-0.39, 0.29) is 48.8 Å². The van der Waals surface area contributed by atoms with Crippen LogP contribution in [0.15, 0.2) is 48.7 Å². The summed E-state index contributed by atoms with van der Waals surface area (Å²) in [6.07, 6.45) is -1.58. The summed E-state index contributed by atoms with van der Waals surface area (Å²) in [4.78, 5) is 43.9. The smallest absolute Gasteiger partial charge is 0.356 e. The maximum Gasteiger partial charge on any atom is 0.419 e. The number of amides is 3. The summed E-state index contributed by atoms with van der Waals surface area (Å²) in [6, 6.07) is 10.0. The molecule has 4 heterocycles. The lowest BCUT2D eigenvalue weighted by atomic mass is 9.96. The van der Waals surface area contributed by atoms with Crippen LogP contribution in [0.5, 0.6) is 0 Å². The number of hydrogen-bond acceptors (Lipinski definition) is 6. The minimum atomic E-state index is -4.58. The van der Waals surface area contributed by atoms with Gasteiger partial charge in [0.25, 0.3) is 5.91 Å². The second kappa shape index (κ2) is 12.4. The number of alkyl halides is 3. The van der Waals surface area contributed by atoms with Crippen LogP contribution in [0.25, 0.3) is 11.1 Å². The van der Waals surface area contributed by atoms with Crippen molar-refractivity contribution in [2.24, 2.45) is 5.92 Å². The Kier molecular flexibility index (Phi) is 8.53. The molecule has 2 N–H and O–H groups in total. The Morgan fingerprint density at radius 2 is 1.80 bits per heavy atom. The number of halogens is 5. The van der Waals surface area contributed by atoms with E-state index < -0.39 is 41.3 Å². The third kappa shape index (κ3) is 6.39. The number of benzene rings is 2. The van der Waals surface area contributed by atoms with Gasteiger partial charge in [-0.25, -0.2) is 9.37 Å². The van der Waals surface area contributed by atoms with Crippen molar-refractivity contribution >= 4 is 35.1 Å². The zero-order valence-electron chi connectivity index (χ0n) is 24.1. The fourth-order valence-corrected chi connectivity index (χ4v) is 6.48. The SMILES string of the molecule is O=C1CCC(N2Cc3c(ccc(CNCC4CCN(c5ncc(-c6cccc(Cl)c6)cc5C(F)(F)F)CC4)c3F)C2=O)C(=O)N1. The van der Waals surface area contributed by atoms with E-state index in [0.717, 1.165) is 6.07 Å². The Labute approximate surface area is 261 Å². The summed E-state index contributed by atoms with van der Waals surface area (Å²) < 4.78 is 57.7. The van der Waals surface area contributed by atoms with Crippen molar-refractivity contribution < 1.29 is 31.9 Å². The second-order valence-electron chi connectivity index (χ2n) is 11.6. The van der Waals surface area contributed by atoms with Crippen LogP contribution in [-0.4, -0.2) is 53.3 Å². The van der Waals surface area contributed by atoms with Gasteiger partial charge < -0.3 is 15.1 Å². The summed E-state index contributed by atoms with van der Waals surface area (Å²) >= 11 is 6.03. The molecule has 3 amide bonds. The first kappa shape index (κ1) is 31.0. The minimum absolute atomic E-state index is 0.0490. The van der Waals surface area contributed by atoms with Gasteiger partial charge in [-0.05, 0) is 61.6 Å². The van der Waals surface area contributed by atoms with Crippen LogP contribution in [0, 0.1) is 11.7 Å². The molecule has 2 fully saturated rings. The molecule has 3 aliphatic rings. The van der Waals surface area contributed by atoms with Crippen molar-refractivity contribution in [3.8, 4) is 11.1 Å². The van der Waals surface area contributed by atoms with Crippen molar-refractivity contribution in [3.05, 3.63) is 81.8 Å². The average molecular weight is 644 g/mol. The molecule has 1 unspecified atom stereocenters. The van der Waals surface area contributed by atoms with Gasteiger partial charge in [-0.1, -0.05) is 29.8 Å². The predicted octanol–water partition coefficient (Wildman–Crippen LogP) is 5.33. The molecule has 1 atom stereocenters. The van der Waals surface area contributed by atoms with E-state index >= 15 is 4.39 Å². The van der Waals surface area contributed by atoms with Crippen LogP contribution in [-0.2, 0) is 28.9 Å². The molecule has 0 bridgehead atoms. The first-order valence-electron chi connectivity index (χ1n) is 14.7. The summed E-state index contributed by atoms with van der Waals surface area (Å²) in [5.41, 5.74) is 0.906. The molecule has 0 saturated carbocycles. The number of hydrogen-bond donors (Lipinski definition) is 2. The summed E-state index contributed by atoms with van der Waals surface area (Å²) in [7, 11) is 0. The Balaban J connectivity index is 1.05. The maximum absolute atomic E-state index is 15.5. The Morgan fingerprint density at radius 3 is 2.51 bits per heavy atom.